The molecule has 0 aliphatic rings. The molecular weight excluding hydrogens is 656 g/mol. The van der Waals surface area contributed by atoms with Gasteiger partial charge in [0, 0.05) is 19.0 Å². The molecule has 0 bridgehead atoms. The highest BCUT2D eigenvalue weighted by atomic mass is 35.5. The van der Waals surface area contributed by atoms with Crippen LogP contribution >= 0.6 is 11.6 Å². The molecular formula is C40H41ClN2O7. The van der Waals surface area contributed by atoms with Crippen LogP contribution in [0.1, 0.15) is 60.6 Å². The first-order valence-corrected chi connectivity index (χ1v) is 17.1. The van der Waals surface area contributed by atoms with E-state index in [2.05, 4.69) is 10.5 Å². The van der Waals surface area contributed by atoms with E-state index in [9.17, 15) is 9.59 Å². The number of aromatic nitrogens is 1. The van der Waals surface area contributed by atoms with E-state index in [-0.39, 0.29) is 24.2 Å². The maximum Gasteiger partial charge on any atom is 0.305 e. The molecule has 5 aromatic rings. The van der Waals surface area contributed by atoms with E-state index in [1.54, 1.807) is 26.2 Å². The lowest BCUT2D eigenvalue weighted by Gasteiger charge is -2.16. The summed E-state index contributed by atoms with van der Waals surface area (Å²) in [6, 6.07) is 30.4. The first-order valence-electron chi connectivity index (χ1n) is 16.7. The van der Waals surface area contributed by atoms with Gasteiger partial charge in [0.05, 0.1) is 29.9 Å². The highest BCUT2D eigenvalue weighted by Gasteiger charge is 2.27. The Morgan fingerprint density at radius 1 is 0.800 bits per heavy atom. The molecule has 1 aromatic heterocycles. The molecule has 10 heteroatoms. The van der Waals surface area contributed by atoms with E-state index in [4.69, 9.17) is 35.1 Å². The van der Waals surface area contributed by atoms with Crippen LogP contribution in [0, 0.1) is 0 Å². The predicted molar refractivity (Wildman–Crippen MR) is 193 cm³/mol. The summed E-state index contributed by atoms with van der Waals surface area (Å²) in [6.07, 6.45) is 3.60. The van der Waals surface area contributed by atoms with Gasteiger partial charge in [-0.25, -0.2) is 0 Å². The summed E-state index contributed by atoms with van der Waals surface area (Å²) in [4.78, 5) is 25.2. The number of halogens is 1. The van der Waals surface area contributed by atoms with Gasteiger partial charge in [0.15, 0.2) is 11.5 Å². The zero-order chi connectivity index (χ0) is 35.1. The van der Waals surface area contributed by atoms with Crippen LogP contribution in [0.5, 0.6) is 17.2 Å². The number of nitrogens with one attached hydrogen (secondary N) is 1. The van der Waals surface area contributed by atoms with Crippen molar-refractivity contribution in [3.05, 3.63) is 119 Å². The Labute approximate surface area is 297 Å². The van der Waals surface area contributed by atoms with Gasteiger partial charge in [-0.05, 0) is 54.7 Å². The van der Waals surface area contributed by atoms with E-state index in [0.717, 1.165) is 36.8 Å². The minimum absolute atomic E-state index is 0.127. The number of nitrogens with zero attached hydrogens (tertiary/aromatic N) is 1. The number of carbonyl (C=O) groups excluding carboxylic acids is 2. The second-order valence-electron chi connectivity index (χ2n) is 11.5. The average Bonchev–Trinajstić information content (AvgIpc) is 3.59. The lowest BCUT2D eigenvalue weighted by atomic mass is 9.98. The van der Waals surface area contributed by atoms with Crippen LogP contribution in [-0.4, -0.2) is 37.3 Å². The minimum Gasteiger partial charge on any atom is -0.497 e. The van der Waals surface area contributed by atoms with E-state index in [1.165, 1.54) is 0 Å². The Hall–Kier alpha value is -5.28. The van der Waals surface area contributed by atoms with Gasteiger partial charge in [0.2, 0.25) is 0 Å². The van der Waals surface area contributed by atoms with Crippen LogP contribution in [0.15, 0.2) is 102 Å². The van der Waals surface area contributed by atoms with Crippen molar-refractivity contribution in [3.63, 3.8) is 0 Å². The molecule has 0 saturated heterocycles. The van der Waals surface area contributed by atoms with Crippen molar-refractivity contribution in [1.82, 2.24) is 10.5 Å². The van der Waals surface area contributed by atoms with Crippen molar-refractivity contribution in [2.75, 3.05) is 20.3 Å². The fourth-order valence-corrected chi connectivity index (χ4v) is 5.55. The molecule has 1 heterocycles. The number of hydrogen-bond donors (Lipinski definition) is 1. The number of unbranched alkanes of at least 4 members (excludes halogenated alkanes) is 3. The van der Waals surface area contributed by atoms with Gasteiger partial charge in [-0.1, -0.05) is 102 Å². The molecule has 0 saturated carbocycles. The first-order chi connectivity index (χ1) is 24.5. The second kappa shape index (κ2) is 18.5. The van der Waals surface area contributed by atoms with Crippen LogP contribution in [0.2, 0.25) is 5.02 Å². The SMILES string of the molecule is CCOC(=O)CCCCCCNC(=O)c1noc(-c2cc(Cl)c(OCc3ccccc3)cc2OCc2ccccc2)c1-c1ccc(OC)cc1. The van der Waals surface area contributed by atoms with Gasteiger partial charge in [-0.2, -0.15) is 0 Å². The molecule has 0 spiro atoms. The van der Waals surface area contributed by atoms with Gasteiger partial charge >= 0.3 is 5.97 Å². The van der Waals surface area contributed by atoms with Crippen molar-refractivity contribution in [2.45, 2.75) is 52.2 Å². The third-order valence-corrected chi connectivity index (χ3v) is 8.23. The van der Waals surface area contributed by atoms with Gasteiger partial charge in [0.1, 0.15) is 30.5 Å². The molecule has 0 aliphatic carbocycles. The van der Waals surface area contributed by atoms with E-state index in [0.29, 0.717) is 70.9 Å². The first kappa shape index (κ1) is 36.0. The largest absolute Gasteiger partial charge is 0.497 e. The maximum absolute atomic E-state index is 13.6. The molecule has 0 radical (unpaired) electrons. The lowest BCUT2D eigenvalue weighted by Crippen LogP contribution is -2.25. The molecule has 9 nitrogen and oxygen atoms in total. The molecule has 0 aliphatic heterocycles. The maximum atomic E-state index is 13.6. The normalized spacial score (nSPS) is 10.8. The number of esters is 1. The van der Waals surface area contributed by atoms with Crippen LogP contribution in [0.3, 0.4) is 0 Å². The molecule has 0 atom stereocenters. The van der Waals surface area contributed by atoms with Crippen molar-refractivity contribution >= 4 is 23.5 Å². The highest BCUT2D eigenvalue weighted by molar-refractivity contribution is 6.32. The second-order valence-corrected chi connectivity index (χ2v) is 11.9. The van der Waals surface area contributed by atoms with Gasteiger partial charge in [0.25, 0.3) is 5.91 Å². The molecule has 4 aromatic carbocycles. The molecule has 260 valence electrons. The van der Waals surface area contributed by atoms with Crippen molar-refractivity contribution in [1.29, 1.82) is 0 Å². The Morgan fingerprint density at radius 2 is 1.44 bits per heavy atom. The number of methoxy groups -OCH3 is 1. The average molecular weight is 697 g/mol. The number of amides is 1. The highest BCUT2D eigenvalue weighted by Crippen LogP contribution is 2.44. The summed E-state index contributed by atoms with van der Waals surface area (Å²) >= 11 is 6.83. The summed E-state index contributed by atoms with van der Waals surface area (Å²) in [5.74, 6) is 1.31. The van der Waals surface area contributed by atoms with Gasteiger partial charge in [-0.3, -0.25) is 9.59 Å². The van der Waals surface area contributed by atoms with Crippen LogP contribution in [0.25, 0.3) is 22.5 Å². The smallest absolute Gasteiger partial charge is 0.305 e. The van der Waals surface area contributed by atoms with E-state index >= 15 is 0 Å². The van der Waals surface area contributed by atoms with Crippen molar-refractivity contribution < 1.29 is 33.1 Å². The van der Waals surface area contributed by atoms with Crippen molar-refractivity contribution in [2.24, 2.45) is 0 Å². The zero-order valence-corrected chi connectivity index (χ0v) is 29.0. The minimum atomic E-state index is -0.377. The topological polar surface area (TPSA) is 109 Å². The summed E-state index contributed by atoms with van der Waals surface area (Å²) in [5.41, 5.74) is 3.77. The van der Waals surface area contributed by atoms with Crippen LogP contribution in [-0.2, 0) is 22.7 Å². The van der Waals surface area contributed by atoms with E-state index in [1.807, 2.05) is 84.9 Å². The molecule has 50 heavy (non-hydrogen) atoms. The Morgan fingerprint density at radius 3 is 2.08 bits per heavy atom. The number of carbonyl (C=O) groups is 2. The third-order valence-electron chi connectivity index (χ3n) is 7.94. The summed E-state index contributed by atoms with van der Waals surface area (Å²) in [5, 5.41) is 7.58. The third kappa shape index (κ3) is 9.89. The predicted octanol–water partition coefficient (Wildman–Crippen LogP) is 9.07. The number of hydrogen-bond acceptors (Lipinski definition) is 8. The number of ether oxygens (including phenoxy) is 4. The molecule has 1 N–H and O–H groups in total. The Kier molecular flexibility index (Phi) is 13.3. The Balaban J connectivity index is 1.43. The van der Waals surface area contributed by atoms with Gasteiger partial charge in [-0.15, -0.1) is 0 Å². The number of benzene rings is 4. The molecule has 5 rings (SSSR count). The quantitative estimate of drug-likeness (QED) is 0.0714. The molecule has 0 fully saturated rings. The zero-order valence-electron chi connectivity index (χ0n) is 28.3. The summed E-state index contributed by atoms with van der Waals surface area (Å²) in [7, 11) is 1.59. The Bertz CT molecular complexity index is 1830. The van der Waals surface area contributed by atoms with Gasteiger partial charge < -0.3 is 28.8 Å². The monoisotopic (exact) mass is 696 g/mol. The number of rotatable bonds is 18. The molecule has 1 amide bonds. The summed E-state index contributed by atoms with van der Waals surface area (Å²) in [6.45, 7) is 3.20. The van der Waals surface area contributed by atoms with Crippen molar-refractivity contribution in [3.8, 4) is 39.7 Å². The van der Waals surface area contributed by atoms with E-state index < -0.39 is 0 Å². The molecule has 0 unspecified atom stereocenters. The fourth-order valence-electron chi connectivity index (χ4n) is 5.33. The van der Waals surface area contributed by atoms with Crippen LogP contribution in [0.4, 0.5) is 0 Å². The fraction of sp³-hybridized carbons (Fsp3) is 0.275. The lowest BCUT2D eigenvalue weighted by molar-refractivity contribution is -0.143. The summed E-state index contributed by atoms with van der Waals surface area (Å²) < 4.78 is 28.9. The van der Waals surface area contributed by atoms with Crippen LogP contribution < -0.4 is 19.5 Å². The standard InChI is InChI=1S/C40H41ClN2O7/c1-3-47-36(44)18-12-4-5-13-23-42-40(45)38-37(30-19-21-31(46-2)22-20-30)39(50-43-38)32-24-33(41)35(49-27-29-16-10-7-11-17-29)25-34(32)48-26-28-14-8-6-9-15-28/h6-11,14-17,19-22,24-25H,3-5,12-13,18,23,26-27H2,1-2H3,(H,42,45).